The van der Waals surface area contributed by atoms with E-state index in [0.717, 1.165) is 21.1 Å². The molecule has 0 saturated heterocycles. The fourth-order valence-corrected chi connectivity index (χ4v) is 4.57. The van der Waals surface area contributed by atoms with Crippen LogP contribution in [0.1, 0.15) is 12.6 Å². The quantitative estimate of drug-likeness (QED) is 0.394. The van der Waals surface area contributed by atoms with Gasteiger partial charge >= 0.3 is 0 Å². The van der Waals surface area contributed by atoms with Crippen molar-refractivity contribution in [2.75, 3.05) is 11.1 Å². The van der Waals surface area contributed by atoms with Crippen molar-refractivity contribution < 1.29 is 9.21 Å². The van der Waals surface area contributed by atoms with E-state index in [2.05, 4.69) is 36.4 Å². The summed E-state index contributed by atoms with van der Waals surface area (Å²) in [7, 11) is 0. The van der Waals surface area contributed by atoms with Crippen LogP contribution in [0.25, 0.3) is 22.6 Å². The normalized spacial score (nSPS) is 11.2. The van der Waals surface area contributed by atoms with Crippen LogP contribution in [0.15, 0.2) is 43.7 Å². The zero-order valence-corrected chi connectivity index (χ0v) is 18.3. The second-order valence-corrected chi connectivity index (χ2v) is 8.69. The number of amides is 1. The highest BCUT2D eigenvalue weighted by Gasteiger charge is 2.18. The predicted octanol–water partition coefficient (Wildman–Crippen LogP) is 4.97. The minimum absolute atomic E-state index is 0.125. The number of carbonyl (C=O) groups excluding carboxylic acids is 1. The van der Waals surface area contributed by atoms with E-state index in [1.165, 1.54) is 23.1 Å². The first kappa shape index (κ1) is 19.2. The predicted molar refractivity (Wildman–Crippen MR) is 115 cm³/mol. The number of rotatable bonds is 6. The third-order valence-electron chi connectivity index (χ3n) is 3.93. The molecule has 0 aliphatic carbocycles. The van der Waals surface area contributed by atoms with E-state index in [9.17, 15) is 4.79 Å². The van der Waals surface area contributed by atoms with E-state index in [4.69, 9.17) is 4.42 Å². The van der Waals surface area contributed by atoms with E-state index in [-0.39, 0.29) is 11.7 Å². The van der Waals surface area contributed by atoms with Gasteiger partial charge in [0.25, 0.3) is 0 Å². The SMILES string of the molecule is CCn1c(SCC(=O)Nc2nc(C)cs2)nnc1-c1cc2cc(Br)ccc2o1. The highest BCUT2D eigenvalue weighted by atomic mass is 79.9. The Kier molecular flexibility index (Phi) is 5.51. The summed E-state index contributed by atoms with van der Waals surface area (Å²) in [5.74, 6) is 1.40. The lowest BCUT2D eigenvalue weighted by molar-refractivity contribution is -0.113. The van der Waals surface area contributed by atoms with Crippen molar-refractivity contribution >= 4 is 61.0 Å². The lowest BCUT2D eigenvalue weighted by Gasteiger charge is -2.05. The molecule has 0 bridgehead atoms. The fraction of sp³-hybridized carbons (Fsp3) is 0.222. The number of hydrogen-bond acceptors (Lipinski definition) is 7. The van der Waals surface area contributed by atoms with Crippen molar-refractivity contribution in [2.24, 2.45) is 0 Å². The third-order valence-corrected chi connectivity index (χ3v) is 6.27. The van der Waals surface area contributed by atoms with Crippen LogP contribution in [0.4, 0.5) is 5.13 Å². The molecule has 0 unspecified atom stereocenters. The average Bonchev–Trinajstić information content (AvgIpc) is 3.37. The molecule has 0 aliphatic rings. The molecule has 0 fully saturated rings. The number of aryl methyl sites for hydroxylation is 1. The molecule has 1 N–H and O–H groups in total. The molecule has 1 aromatic carbocycles. The van der Waals surface area contributed by atoms with Gasteiger partial charge in [0.15, 0.2) is 16.0 Å². The Morgan fingerprint density at radius 3 is 2.96 bits per heavy atom. The molecule has 1 amide bonds. The summed E-state index contributed by atoms with van der Waals surface area (Å²) in [5, 5.41) is 15.5. The zero-order chi connectivity index (χ0) is 19.7. The van der Waals surface area contributed by atoms with Gasteiger partial charge in [-0.2, -0.15) is 0 Å². The number of aromatic nitrogens is 4. The van der Waals surface area contributed by atoms with Gasteiger partial charge in [-0.15, -0.1) is 21.5 Å². The number of anilines is 1. The third kappa shape index (κ3) is 3.98. The number of benzene rings is 1. The minimum atomic E-state index is -0.125. The second kappa shape index (κ2) is 8.06. The summed E-state index contributed by atoms with van der Waals surface area (Å²) in [6.07, 6.45) is 0. The van der Waals surface area contributed by atoms with Crippen LogP contribution in [0.5, 0.6) is 0 Å². The number of thioether (sulfide) groups is 1. The Morgan fingerprint density at radius 2 is 2.21 bits per heavy atom. The van der Waals surface area contributed by atoms with Gasteiger partial charge in [0.05, 0.1) is 11.4 Å². The van der Waals surface area contributed by atoms with Crippen LogP contribution in [0.3, 0.4) is 0 Å². The standard InChI is InChI=1S/C18H16BrN5O2S2/c1-3-24-16(14-7-11-6-12(19)4-5-13(11)26-14)22-23-18(24)28-9-15(25)21-17-20-10(2)8-27-17/h4-8H,3,9H2,1-2H3,(H,20,21,25). The largest absolute Gasteiger partial charge is 0.453 e. The molecule has 0 spiro atoms. The lowest BCUT2D eigenvalue weighted by Crippen LogP contribution is -2.14. The number of nitrogens with one attached hydrogen (secondary N) is 1. The molecule has 0 saturated carbocycles. The van der Waals surface area contributed by atoms with Gasteiger partial charge in [0, 0.05) is 21.8 Å². The molecule has 3 heterocycles. The van der Waals surface area contributed by atoms with Gasteiger partial charge in [-0.25, -0.2) is 4.98 Å². The van der Waals surface area contributed by atoms with Crippen LogP contribution in [-0.2, 0) is 11.3 Å². The molecule has 0 atom stereocenters. The molecule has 144 valence electrons. The topological polar surface area (TPSA) is 85.8 Å². The second-order valence-electron chi connectivity index (χ2n) is 5.97. The van der Waals surface area contributed by atoms with Gasteiger partial charge in [0.1, 0.15) is 5.58 Å². The first-order valence-corrected chi connectivity index (χ1v) is 11.2. The summed E-state index contributed by atoms with van der Waals surface area (Å²) < 4.78 is 8.86. The molecule has 0 radical (unpaired) electrons. The van der Waals surface area contributed by atoms with Gasteiger partial charge in [-0.05, 0) is 38.1 Å². The van der Waals surface area contributed by atoms with Crippen LogP contribution in [0.2, 0.25) is 0 Å². The molecule has 0 aliphatic heterocycles. The summed E-state index contributed by atoms with van der Waals surface area (Å²) >= 11 is 6.22. The Balaban J connectivity index is 1.51. The maximum absolute atomic E-state index is 12.2. The lowest BCUT2D eigenvalue weighted by atomic mass is 10.2. The first-order valence-electron chi connectivity index (χ1n) is 8.51. The highest BCUT2D eigenvalue weighted by Crippen LogP contribution is 2.30. The molecule has 4 aromatic rings. The number of nitrogens with zero attached hydrogens (tertiary/aromatic N) is 4. The van der Waals surface area contributed by atoms with Crippen molar-refractivity contribution in [3.05, 3.63) is 39.8 Å². The fourth-order valence-electron chi connectivity index (χ4n) is 2.68. The van der Waals surface area contributed by atoms with E-state index in [0.29, 0.717) is 28.4 Å². The van der Waals surface area contributed by atoms with Crippen LogP contribution in [0, 0.1) is 6.92 Å². The Labute approximate surface area is 177 Å². The molecule has 10 heteroatoms. The van der Waals surface area contributed by atoms with Crippen LogP contribution < -0.4 is 5.32 Å². The van der Waals surface area contributed by atoms with E-state index in [1.54, 1.807) is 0 Å². The number of furan rings is 1. The van der Waals surface area contributed by atoms with Crippen LogP contribution >= 0.6 is 39.0 Å². The minimum Gasteiger partial charge on any atom is -0.453 e. The van der Waals surface area contributed by atoms with Gasteiger partial charge in [-0.1, -0.05) is 27.7 Å². The summed E-state index contributed by atoms with van der Waals surface area (Å²) in [5.41, 5.74) is 1.68. The van der Waals surface area contributed by atoms with Gasteiger partial charge in [-0.3, -0.25) is 9.36 Å². The number of fused-ring (bicyclic) bond motifs is 1. The Morgan fingerprint density at radius 1 is 1.36 bits per heavy atom. The van der Waals surface area contributed by atoms with Crippen LogP contribution in [-0.4, -0.2) is 31.4 Å². The molecule has 4 rings (SSSR count). The number of halogens is 1. The molecular weight excluding hydrogens is 462 g/mol. The summed E-state index contributed by atoms with van der Waals surface area (Å²) in [4.78, 5) is 16.4. The van der Waals surface area contributed by atoms with E-state index >= 15 is 0 Å². The number of thiazole rings is 1. The van der Waals surface area contributed by atoms with Crippen molar-refractivity contribution in [3.63, 3.8) is 0 Å². The summed E-state index contributed by atoms with van der Waals surface area (Å²) in [6, 6.07) is 7.79. The molecular formula is C18H16BrN5O2S2. The van der Waals surface area contributed by atoms with Crippen molar-refractivity contribution in [1.82, 2.24) is 19.7 Å². The molecule has 3 aromatic heterocycles. The Hall–Kier alpha value is -2.17. The summed E-state index contributed by atoms with van der Waals surface area (Å²) in [6.45, 7) is 4.57. The van der Waals surface area contributed by atoms with Crippen molar-refractivity contribution in [3.8, 4) is 11.6 Å². The van der Waals surface area contributed by atoms with Gasteiger partial charge < -0.3 is 9.73 Å². The maximum atomic E-state index is 12.2. The molecule has 7 nitrogen and oxygen atoms in total. The first-order chi connectivity index (χ1) is 13.5. The average molecular weight is 478 g/mol. The number of carbonyl (C=O) groups is 1. The van der Waals surface area contributed by atoms with E-state index < -0.39 is 0 Å². The Bertz CT molecular complexity index is 1150. The highest BCUT2D eigenvalue weighted by molar-refractivity contribution is 9.10. The van der Waals surface area contributed by atoms with Crippen molar-refractivity contribution in [2.45, 2.75) is 25.5 Å². The van der Waals surface area contributed by atoms with Crippen molar-refractivity contribution in [1.29, 1.82) is 0 Å². The molecule has 28 heavy (non-hydrogen) atoms. The maximum Gasteiger partial charge on any atom is 0.236 e. The smallest absolute Gasteiger partial charge is 0.236 e. The monoisotopic (exact) mass is 477 g/mol. The zero-order valence-electron chi connectivity index (χ0n) is 15.1. The number of hydrogen-bond donors (Lipinski definition) is 1. The van der Waals surface area contributed by atoms with E-state index in [1.807, 2.05) is 48.1 Å². The van der Waals surface area contributed by atoms with Gasteiger partial charge in [0.2, 0.25) is 11.7 Å².